The Bertz CT molecular complexity index is 580. The number of hydrogen-bond acceptors (Lipinski definition) is 0. The Hall–Kier alpha value is -1.33. The first-order valence-electron chi connectivity index (χ1n) is 6.05. The fraction of sp³-hybridized carbons (Fsp3) is 0.900. The SMILES string of the molecule is F[C](F)CC(F)(F)C(F)(F)C(F)(F)C(F)(F)C(F)(F)C(F)(F)C(F)(F)C(F)(F)F. The van der Waals surface area contributed by atoms with Gasteiger partial charge in [0.15, 0.2) is 0 Å². The third kappa shape index (κ3) is 3.65. The highest BCUT2D eigenvalue weighted by Crippen LogP contribution is 2.64. The monoisotopic (exact) mass is 483 g/mol. The van der Waals surface area contributed by atoms with Crippen molar-refractivity contribution in [3.63, 3.8) is 0 Å². The molecule has 0 spiro atoms. The highest BCUT2D eigenvalue weighted by Gasteiger charge is 2.95. The van der Waals surface area contributed by atoms with Gasteiger partial charge in [-0.3, -0.25) is 0 Å². The molecule has 0 fully saturated rings. The third-order valence-corrected chi connectivity index (χ3v) is 3.14. The predicted molar refractivity (Wildman–Crippen MR) is 50.8 cm³/mol. The van der Waals surface area contributed by atoms with Crippen molar-refractivity contribution in [3.05, 3.63) is 6.43 Å². The Kier molecular flexibility index (Phi) is 6.53. The molecule has 0 aromatic heterocycles. The summed E-state index contributed by atoms with van der Waals surface area (Å²) in [6.07, 6.45) is -15.5. The van der Waals surface area contributed by atoms with Gasteiger partial charge in [0, 0.05) is 0 Å². The number of hydrogen-bond donors (Lipinski definition) is 0. The van der Waals surface area contributed by atoms with E-state index in [1.165, 1.54) is 0 Å². The van der Waals surface area contributed by atoms with Crippen LogP contribution in [0, 0.1) is 6.43 Å². The van der Waals surface area contributed by atoms with E-state index in [0.717, 1.165) is 0 Å². The van der Waals surface area contributed by atoms with Crippen LogP contribution in [-0.4, -0.2) is 47.6 Å². The van der Waals surface area contributed by atoms with E-state index in [9.17, 15) is 83.4 Å². The molecule has 0 bridgehead atoms. The highest BCUT2D eigenvalue weighted by atomic mass is 19.4. The van der Waals surface area contributed by atoms with Gasteiger partial charge in [0.25, 0.3) is 0 Å². The number of rotatable bonds is 8. The van der Waals surface area contributed by atoms with Crippen molar-refractivity contribution in [2.24, 2.45) is 0 Å². The van der Waals surface area contributed by atoms with Gasteiger partial charge >= 0.3 is 54.1 Å². The Balaban J connectivity index is 6.65. The molecule has 1 radical (unpaired) electrons. The largest absolute Gasteiger partial charge is 0.460 e. The van der Waals surface area contributed by atoms with E-state index >= 15 is 0 Å². The van der Waals surface area contributed by atoms with Crippen LogP contribution < -0.4 is 0 Å². The van der Waals surface area contributed by atoms with Crippen LogP contribution in [0.1, 0.15) is 6.42 Å². The van der Waals surface area contributed by atoms with E-state index in [1.54, 1.807) is 0 Å². The van der Waals surface area contributed by atoms with Crippen molar-refractivity contribution < 1.29 is 83.4 Å². The zero-order valence-electron chi connectivity index (χ0n) is 12.4. The van der Waals surface area contributed by atoms with Gasteiger partial charge in [0.1, 0.15) is 0 Å². The van der Waals surface area contributed by atoms with Crippen molar-refractivity contribution in [2.75, 3.05) is 0 Å². The third-order valence-electron chi connectivity index (χ3n) is 3.14. The standard InChI is InChI=1S/C10H2F19/c11-2(12)1-3(13,14)4(15,16)5(17,18)6(19,20)7(21,22)8(23,24)9(25,26)10(27,28)29/h1H2. The maximum atomic E-state index is 13.1. The van der Waals surface area contributed by atoms with Gasteiger partial charge in [-0.1, -0.05) is 0 Å². The minimum atomic E-state index is -8.76. The molecule has 0 amide bonds. The lowest BCUT2D eigenvalue weighted by molar-refractivity contribution is -0.461. The maximum absolute atomic E-state index is 13.1. The van der Waals surface area contributed by atoms with Crippen LogP contribution in [0.2, 0.25) is 0 Å². The second-order valence-electron chi connectivity index (χ2n) is 5.16. The van der Waals surface area contributed by atoms with Crippen LogP contribution in [0.25, 0.3) is 0 Å². The first-order valence-corrected chi connectivity index (χ1v) is 6.05. The second-order valence-corrected chi connectivity index (χ2v) is 5.16. The molecule has 0 rings (SSSR count). The zero-order valence-corrected chi connectivity index (χ0v) is 12.4. The number of halogens is 19. The first-order chi connectivity index (χ1) is 12.2. The summed E-state index contributed by atoms with van der Waals surface area (Å²) in [4.78, 5) is 0. The summed E-state index contributed by atoms with van der Waals surface area (Å²) < 4.78 is 239. The molecule has 0 N–H and O–H groups in total. The van der Waals surface area contributed by atoms with Gasteiger partial charge in [0.05, 0.1) is 6.42 Å². The fourth-order valence-corrected chi connectivity index (χ4v) is 1.48. The minimum Gasteiger partial charge on any atom is -0.200 e. The summed E-state index contributed by atoms with van der Waals surface area (Å²) in [7, 11) is 0. The van der Waals surface area contributed by atoms with E-state index in [0.29, 0.717) is 0 Å². The Morgan fingerprint density at radius 2 is 0.621 bits per heavy atom. The topological polar surface area (TPSA) is 0 Å². The van der Waals surface area contributed by atoms with Crippen molar-refractivity contribution >= 4 is 0 Å². The Labute approximate surface area is 145 Å². The molecule has 0 heterocycles. The summed E-state index contributed by atoms with van der Waals surface area (Å²) in [6, 6.07) is 0. The van der Waals surface area contributed by atoms with Crippen LogP contribution >= 0.6 is 0 Å². The average Bonchev–Trinajstić information content (AvgIpc) is 2.43. The van der Waals surface area contributed by atoms with E-state index in [2.05, 4.69) is 0 Å². The lowest BCUT2D eigenvalue weighted by Gasteiger charge is -2.42. The van der Waals surface area contributed by atoms with Crippen molar-refractivity contribution in [3.8, 4) is 0 Å². The van der Waals surface area contributed by atoms with Gasteiger partial charge in [-0.2, -0.15) is 83.4 Å². The van der Waals surface area contributed by atoms with Crippen LogP contribution in [0.3, 0.4) is 0 Å². The highest BCUT2D eigenvalue weighted by molar-refractivity contribution is 5.15. The molecule has 0 unspecified atom stereocenters. The number of alkyl halides is 17. The zero-order chi connectivity index (χ0) is 24.3. The van der Waals surface area contributed by atoms with E-state index in [4.69, 9.17) is 0 Å². The minimum absolute atomic E-state index is 3.81. The molecule has 0 aromatic rings. The molecular formula is C10H2F19. The van der Waals surface area contributed by atoms with Gasteiger partial charge < -0.3 is 0 Å². The lowest BCUT2D eigenvalue weighted by Crippen LogP contribution is -2.74. The molecule has 0 nitrogen and oxygen atoms in total. The van der Waals surface area contributed by atoms with Crippen molar-refractivity contribution in [1.82, 2.24) is 0 Å². The molecular weight excluding hydrogens is 481 g/mol. The van der Waals surface area contributed by atoms with E-state index in [1.807, 2.05) is 0 Å². The summed E-state index contributed by atoms with van der Waals surface area (Å²) in [5, 5.41) is 0. The molecule has 0 aliphatic heterocycles. The molecule has 19 heteroatoms. The molecule has 175 valence electrons. The van der Waals surface area contributed by atoms with Gasteiger partial charge in [-0.05, 0) is 0 Å². The van der Waals surface area contributed by atoms with Crippen molar-refractivity contribution in [1.29, 1.82) is 0 Å². The van der Waals surface area contributed by atoms with Gasteiger partial charge in [-0.15, -0.1) is 0 Å². The molecule has 29 heavy (non-hydrogen) atoms. The molecule has 0 aromatic carbocycles. The first kappa shape index (κ1) is 27.7. The molecule has 0 saturated carbocycles. The molecule has 0 aliphatic rings. The smallest absolute Gasteiger partial charge is 0.200 e. The average molecular weight is 483 g/mol. The molecule has 0 saturated heterocycles. The van der Waals surface area contributed by atoms with Crippen LogP contribution in [0.4, 0.5) is 83.4 Å². The van der Waals surface area contributed by atoms with Gasteiger partial charge in [0.2, 0.25) is 0 Å². The van der Waals surface area contributed by atoms with Crippen LogP contribution in [0.5, 0.6) is 0 Å². The molecule has 0 atom stereocenters. The van der Waals surface area contributed by atoms with Gasteiger partial charge in [-0.25, -0.2) is 0 Å². The lowest BCUT2D eigenvalue weighted by atomic mass is 9.88. The van der Waals surface area contributed by atoms with Crippen LogP contribution in [-0.2, 0) is 0 Å². The Morgan fingerprint density at radius 3 is 0.862 bits per heavy atom. The van der Waals surface area contributed by atoms with E-state index in [-0.39, 0.29) is 0 Å². The normalized spacial score (nSPS) is 16.6. The molecule has 0 aliphatic carbocycles. The maximum Gasteiger partial charge on any atom is 0.460 e. The second kappa shape index (κ2) is 6.84. The Morgan fingerprint density at radius 1 is 0.379 bits per heavy atom. The summed E-state index contributed by atoms with van der Waals surface area (Å²) >= 11 is 0. The van der Waals surface area contributed by atoms with E-state index < -0.39 is 60.5 Å². The fourth-order valence-electron chi connectivity index (χ4n) is 1.48. The quantitative estimate of drug-likeness (QED) is 0.333. The predicted octanol–water partition coefficient (Wildman–Crippen LogP) is 6.81. The summed E-state index contributed by atoms with van der Waals surface area (Å²) in [5.74, 6) is -58.1. The summed E-state index contributed by atoms with van der Waals surface area (Å²) in [5.41, 5.74) is 0. The van der Waals surface area contributed by atoms with Crippen LogP contribution in [0.15, 0.2) is 0 Å². The summed E-state index contributed by atoms with van der Waals surface area (Å²) in [6.45, 7) is 0. The van der Waals surface area contributed by atoms with Crippen molar-refractivity contribution in [2.45, 2.75) is 54.1 Å².